The lowest BCUT2D eigenvalue weighted by molar-refractivity contribution is 0.761. The van der Waals surface area contributed by atoms with Crippen LogP contribution < -0.4 is 10.6 Å². The van der Waals surface area contributed by atoms with Crippen LogP contribution in [0.3, 0.4) is 0 Å². The van der Waals surface area contributed by atoms with E-state index in [4.69, 9.17) is 0 Å². The Hall–Kier alpha value is -2.16. The van der Waals surface area contributed by atoms with Crippen molar-refractivity contribution >= 4 is 35.6 Å². The number of guanidine groups is 1. The van der Waals surface area contributed by atoms with Gasteiger partial charge >= 0.3 is 0 Å². The molecule has 0 bridgehead atoms. The summed E-state index contributed by atoms with van der Waals surface area (Å²) in [4.78, 5) is 4.27. The van der Waals surface area contributed by atoms with Crippen molar-refractivity contribution < 1.29 is 0 Å². The summed E-state index contributed by atoms with van der Waals surface area (Å²) in [6, 6.07) is 12.3. The molecule has 0 aliphatic rings. The Balaban J connectivity index is 0.00000225. The maximum absolute atomic E-state index is 4.27. The molecule has 2 heterocycles. The van der Waals surface area contributed by atoms with Gasteiger partial charge in [-0.3, -0.25) is 9.39 Å². The standard InChI is InChI=1S/C18H22N6.HI/c1-13-7-8-15(14(2)10-13)11-20-18(19-3)21-12-17-23-22-16-6-4-5-9-24(16)17;/h4-10H,11-12H2,1-3H3,(H2,19,20,21);1H. The molecule has 25 heavy (non-hydrogen) atoms. The average Bonchev–Trinajstić information content (AvgIpc) is 3.00. The van der Waals surface area contributed by atoms with E-state index in [1.54, 1.807) is 7.05 Å². The van der Waals surface area contributed by atoms with Crippen LogP contribution in [-0.2, 0) is 13.1 Å². The van der Waals surface area contributed by atoms with E-state index >= 15 is 0 Å². The highest BCUT2D eigenvalue weighted by Crippen LogP contribution is 2.10. The predicted octanol–water partition coefficient (Wildman–Crippen LogP) is 2.83. The first-order valence-corrected chi connectivity index (χ1v) is 7.96. The Morgan fingerprint density at radius 1 is 1.08 bits per heavy atom. The quantitative estimate of drug-likeness (QED) is 0.365. The molecule has 2 aromatic heterocycles. The molecule has 0 saturated heterocycles. The molecule has 7 heteroatoms. The van der Waals surface area contributed by atoms with Crippen molar-refractivity contribution in [2.24, 2.45) is 4.99 Å². The molecule has 3 aromatic rings. The lowest BCUT2D eigenvalue weighted by Crippen LogP contribution is -2.36. The number of fused-ring (bicyclic) bond motifs is 1. The topological polar surface area (TPSA) is 66.6 Å². The van der Waals surface area contributed by atoms with E-state index in [2.05, 4.69) is 57.9 Å². The zero-order chi connectivity index (χ0) is 16.9. The summed E-state index contributed by atoms with van der Waals surface area (Å²) >= 11 is 0. The van der Waals surface area contributed by atoms with E-state index < -0.39 is 0 Å². The number of rotatable bonds is 4. The number of hydrogen-bond donors (Lipinski definition) is 2. The van der Waals surface area contributed by atoms with Crippen molar-refractivity contribution in [1.29, 1.82) is 0 Å². The Bertz CT molecular complexity index is 871. The first-order chi connectivity index (χ1) is 11.7. The molecule has 0 saturated carbocycles. The van der Waals surface area contributed by atoms with Gasteiger partial charge in [-0.25, -0.2) is 0 Å². The third kappa shape index (κ3) is 4.68. The SMILES string of the molecule is CN=C(NCc1ccc(C)cc1C)NCc1nnc2ccccn12.I. The first-order valence-electron chi connectivity index (χ1n) is 7.96. The summed E-state index contributed by atoms with van der Waals surface area (Å²) in [7, 11) is 1.76. The zero-order valence-corrected chi connectivity index (χ0v) is 17.0. The number of hydrogen-bond acceptors (Lipinski definition) is 3. The molecular formula is C18H23IN6. The van der Waals surface area contributed by atoms with Crippen LogP contribution >= 0.6 is 24.0 Å². The highest BCUT2D eigenvalue weighted by molar-refractivity contribution is 14.0. The monoisotopic (exact) mass is 450 g/mol. The van der Waals surface area contributed by atoms with Crippen LogP contribution in [-0.4, -0.2) is 27.6 Å². The fraction of sp³-hybridized carbons (Fsp3) is 0.278. The van der Waals surface area contributed by atoms with E-state index in [1.165, 1.54) is 16.7 Å². The maximum atomic E-state index is 4.27. The molecule has 0 aliphatic heterocycles. The molecule has 2 N–H and O–H groups in total. The number of aromatic nitrogens is 3. The van der Waals surface area contributed by atoms with E-state index in [1.807, 2.05) is 28.8 Å². The van der Waals surface area contributed by atoms with Crippen molar-refractivity contribution in [1.82, 2.24) is 25.2 Å². The number of nitrogens with zero attached hydrogens (tertiary/aromatic N) is 4. The van der Waals surface area contributed by atoms with Crippen molar-refractivity contribution in [2.45, 2.75) is 26.9 Å². The van der Waals surface area contributed by atoms with Gasteiger partial charge in [0.2, 0.25) is 0 Å². The summed E-state index contributed by atoms with van der Waals surface area (Å²) in [5, 5.41) is 15.0. The molecule has 1 aromatic carbocycles. The smallest absolute Gasteiger partial charge is 0.191 e. The highest BCUT2D eigenvalue weighted by atomic mass is 127. The number of aliphatic imine (C=N–C) groups is 1. The van der Waals surface area contributed by atoms with Gasteiger partial charge < -0.3 is 10.6 Å². The van der Waals surface area contributed by atoms with Gasteiger partial charge in [-0.2, -0.15) is 0 Å². The van der Waals surface area contributed by atoms with Gasteiger partial charge in [0.15, 0.2) is 17.4 Å². The van der Waals surface area contributed by atoms with Crippen LogP contribution in [0.2, 0.25) is 0 Å². The highest BCUT2D eigenvalue weighted by Gasteiger charge is 2.06. The van der Waals surface area contributed by atoms with E-state index in [-0.39, 0.29) is 24.0 Å². The lowest BCUT2D eigenvalue weighted by Gasteiger charge is -2.13. The third-order valence-corrected chi connectivity index (χ3v) is 3.97. The molecule has 0 atom stereocenters. The Morgan fingerprint density at radius 2 is 1.88 bits per heavy atom. The van der Waals surface area contributed by atoms with Crippen LogP contribution in [0.25, 0.3) is 5.65 Å². The van der Waals surface area contributed by atoms with Gasteiger partial charge in [-0.15, -0.1) is 34.2 Å². The molecule has 0 spiro atoms. The van der Waals surface area contributed by atoms with Crippen molar-refractivity contribution in [2.75, 3.05) is 7.05 Å². The molecular weight excluding hydrogens is 427 g/mol. The molecule has 0 amide bonds. The average molecular weight is 450 g/mol. The van der Waals surface area contributed by atoms with Crippen molar-refractivity contribution in [3.8, 4) is 0 Å². The molecule has 0 fully saturated rings. The molecule has 0 unspecified atom stereocenters. The van der Waals surface area contributed by atoms with E-state index in [0.29, 0.717) is 6.54 Å². The van der Waals surface area contributed by atoms with Crippen LogP contribution in [0.5, 0.6) is 0 Å². The number of halogens is 1. The second-order valence-electron chi connectivity index (χ2n) is 5.75. The second kappa shape index (κ2) is 8.80. The van der Waals surface area contributed by atoms with Crippen LogP contribution in [0.15, 0.2) is 47.6 Å². The van der Waals surface area contributed by atoms with Gasteiger partial charge in [0.25, 0.3) is 0 Å². The number of benzene rings is 1. The molecule has 132 valence electrons. The minimum absolute atomic E-state index is 0. The van der Waals surface area contributed by atoms with Gasteiger partial charge in [-0.05, 0) is 37.1 Å². The van der Waals surface area contributed by atoms with Gasteiger partial charge in [0.1, 0.15) is 0 Å². The van der Waals surface area contributed by atoms with Crippen molar-refractivity contribution in [3.05, 3.63) is 65.1 Å². The van der Waals surface area contributed by atoms with Crippen LogP contribution in [0.1, 0.15) is 22.5 Å². The van der Waals surface area contributed by atoms with Crippen LogP contribution in [0.4, 0.5) is 0 Å². The van der Waals surface area contributed by atoms with Gasteiger partial charge in [0, 0.05) is 19.8 Å². The normalized spacial score (nSPS) is 11.2. The Kier molecular flexibility index (Phi) is 6.74. The van der Waals surface area contributed by atoms with Crippen molar-refractivity contribution in [3.63, 3.8) is 0 Å². The molecule has 0 aliphatic carbocycles. The third-order valence-electron chi connectivity index (χ3n) is 3.97. The largest absolute Gasteiger partial charge is 0.352 e. The summed E-state index contributed by atoms with van der Waals surface area (Å²) in [5.74, 6) is 1.59. The minimum atomic E-state index is 0. The lowest BCUT2D eigenvalue weighted by atomic mass is 10.1. The number of aryl methyl sites for hydroxylation is 2. The predicted molar refractivity (Wildman–Crippen MR) is 111 cm³/mol. The Labute approximate surface area is 164 Å². The zero-order valence-electron chi connectivity index (χ0n) is 14.7. The molecule has 3 rings (SSSR count). The summed E-state index contributed by atoms with van der Waals surface area (Å²) in [6.45, 7) is 5.51. The Morgan fingerprint density at radius 3 is 2.64 bits per heavy atom. The molecule has 6 nitrogen and oxygen atoms in total. The number of pyridine rings is 1. The number of nitrogens with one attached hydrogen (secondary N) is 2. The first kappa shape index (κ1) is 19.2. The van der Waals surface area contributed by atoms with Gasteiger partial charge in [-0.1, -0.05) is 29.8 Å². The second-order valence-corrected chi connectivity index (χ2v) is 5.75. The van der Waals surface area contributed by atoms with E-state index in [0.717, 1.165) is 24.0 Å². The van der Waals surface area contributed by atoms with E-state index in [9.17, 15) is 0 Å². The summed E-state index contributed by atoms with van der Waals surface area (Å²) < 4.78 is 1.96. The van der Waals surface area contributed by atoms with Crippen LogP contribution in [0, 0.1) is 13.8 Å². The minimum Gasteiger partial charge on any atom is -0.352 e. The fourth-order valence-electron chi connectivity index (χ4n) is 2.62. The fourth-order valence-corrected chi connectivity index (χ4v) is 2.62. The maximum Gasteiger partial charge on any atom is 0.191 e. The molecule has 0 radical (unpaired) electrons. The van der Waals surface area contributed by atoms with Gasteiger partial charge in [0.05, 0.1) is 6.54 Å². The summed E-state index contributed by atoms with van der Waals surface area (Å²) in [6.07, 6.45) is 1.96. The summed E-state index contributed by atoms with van der Waals surface area (Å²) in [5.41, 5.74) is 4.66.